The van der Waals surface area contributed by atoms with Gasteiger partial charge in [0, 0.05) is 11.3 Å². The molecule has 2 heterocycles. The maximum absolute atomic E-state index is 12.2. The molecule has 1 unspecified atom stereocenters. The van der Waals surface area contributed by atoms with Crippen LogP contribution in [0.1, 0.15) is 6.42 Å². The van der Waals surface area contributed by atoms with Crippen LogP contribution in [0.25, 0.3) is 11.4 Å². The van der Waals surface area contributed by atoms with Gasteiger partial charge in [0.25, 0.3) is 5.91 Å². The summed E-state index contributed by atoms with van der Waals surface area (Å²) in [5, 5.41) is 23.3. The highest BCUT2D eigenvalue weighted by molar-refractivity contribution is 5.97. The first-order valence-corrected chi connectivity index (χ1v) is 8.14. The van der Waals surface area contributed by atoms with Crippen molar-refractivity contribution in [1.29, 1.82) is 0 Å². The lowest BCUT2D eigenvalue weighted by Crippen LogP contribution is -2.47. The van der Waals surface area contributed by atoms with Crippen molar-refractivity contribution in [2.45, 2.75) is 18.6 Å². The van der Waals surface area contributed by atoms with E-state index in [2.05, 4.69) is 14.7 Å². The number of benzene rings is 1. The lowest BCUT2D eigenvalue weighted by molar-refractivity contribution is -0.148. The minimum absolute atomic E-state index is 0.195. The third-order valence-corrected chi connectivity index (χ3v) is 3.99. The molecule has 4 N–H and O–H groups in total. The smallest absolute Gasteiger partial charge is 0.439 e. The highest BCUT2D eigenvalue weighted by Crippen LogP contribution is 2.24. The van der Waals surface area contributed by atoms with Crippen molar-refractivity contribution < 1.29 is 38.7 Å². The number of carbonyl (C=O) groups is 4. The zero-order valence-electron chi connectivity index (χ0n) is 14.5. The molecule has 0 saturated carbocycles. The maximum Gasteiger partial charge on any atom is 0.439 e. The molecule has 29 heavy (non-hydrogen) atoms. The number of cyclic esters (lactones) is 1. The van der Waals surface area contributed by atoms with Gasteiger partial charge in [-0.25, -0.2) is 14.4 Å². The Morgan fingerprint density at radius 2 is 1.93 bits per heavy atom. The molecule has 0 radical (unpaired) electrons. The summed E-state index contributed by atoms with van der Waals surface area (Å²) >= 11 is 0. The van der Waals surface area contributed by atoms with E-state index in [9.17, 15) is 24.0 Å². The van der Waals surface area contributed by atoms with E-state index in [4.69, 9.17) is 14.9 Å². The van der Waals surface area contributed by atoms with Gasteiger partial charge in [0.2, 0.25) is 0 Å². The van der Waals surface area contributed by atoms with Gasteiger partial charge in [-0.2, -0.15) is 0 Å². The molecule has 1 aromatic heterocycles. The van der Waals surface area contributed by atoms with Crippen molar-refractivity contribution in [2.75, 3.05) is 11.4 Å². The van der Waals surface area contributed by atoms with Gasteiger partial charge >= 0.3 is 23.8 Å². The molecule has 1 aliphatic rings. The van der Waals surface area contributed by atoms with Gasteiger partial charge in [-0.15, -0.1) is 0 Å². The highest BCUT2D eigenvalue weighted by Gasteiger charge is 2.38. The molecular formula is C16H14N4O9. The number of hydrogen-bond acceptors (Lipinski definition) is 8. The zero-order valence-corrected chi connectivity index (χ0v) is 14.5. The molecule has 1 aromatic carbocycles. The standard InChI is InChI=1S/C16H14N4O9/c21-11(22)5-9(14(24)25)17-13(23)10-6-20(16(27)28-10)8-3-1-7(2-4-8)12-18-15(26)29-19-12/h1-4,9-10H,5-6H2,(H,17,23)(H,21,22)(H,24,25)(H,18,19,26)/t9-,10?/m1/s1. The number of anilines is 1. The first-order chi connectivity index (χ1) is 13.7. The number of ether oxygens (including phenoxy) is 1. The average Bonchev–Trinajstić information content (AvgIpc) is 3.27. The molecular weight excluding hydrogens is 392 g/mol. The van der Waals surface area contributed by atoms with Crippen molar-refractivity contribution >= 4 is 29.6 Å². The number of aromatic nitrogens is 2. The van der Waals surface area contributed by atoms with Crippen LogP contribution in [0.5, 0.6) is 0 Å². The first kappa shape index (κ1) is 19.6. The largest absolute Gasteiger partial charge is 0.481 e. The fraction of sp³-hybridized carbons (Fsp3) is 0.250. The number of hydrogen-bond donors (Lipinski definition) is 4. The first-order valence-electron chi connectivity index (χ1n) is 8.14. The van der Waals surface area contributed by atoms with E-state index in [0.29, 0.717) is 11.3 Å². The quantitative estimate of drug-likeness (QED) is 0.461. The number of rotatable bonds is 7. The van der Waals surface area contributed by atoms with Crippen LogP contribution >= 0.6 is 0 Å². The molecule has 3 rings (SSSR count). The van der Waals surface area contributed by atoms with Crippen LogP contribution in [0.15, 0.2) is 33.6 Å². The summed E-state index contributed by atoms with van der Waals surface area (Å²) in [4.78, 5) is 60.5. The van der Waals surface area contributed by atoms with Gasteiger partial charge in [-0.3, -0.25) is 24.0 Å². The summed E-state index contributed by atoms with van der Waals surface area (Å²) in [5.41, 5.74) is 0.889. The lowest BCUT2D eigenvalue weighted by Gasteiger charge is -2.15. The van der Waals surface area contributed by atoms with E-state index in [1.54, 1.807) is 12.1 Å². The molecule has 1 saturated heterocycles. The zero-order chi connectivity index (χ0) is 21.1. The van der Waals surface area contributed by atoms with Crippen molar-refractivity contribution in [3.05, 3.63) is 34.8 Å². The van der Waals surface area contributed by atoms with Crippen LogP contribution < -0.4 is 16.0 Å². The molecule has 1 aliphatic heterocycles. The van der Waals surface area contributed by atoms with E-state index in [-0.39, 0.29) is 12.4 Å². The van der Waals surface area contributed by atoms with Gasteiger partial charge in [-0.05, 0) is 24.3 Å². The van der Waals surface area contributed by atoms with Gasteiger partial charge in [-0.1, -0.05) is 5.16 Å². The number of carboxylic acids is 2. The highest BCUT2D eigenvalue weighted by atomic mass is 16.6. The summed E-state index contributed by atoms with van der Waals surface area (Å²) in [6.07, 6.45) is -2.97. The molecule has 0 bridgehead atoms. The molecule has 2 atom stereocenters. The fourth-order valence-corrected chi connectivity index (χ4v) is 2.60. The maximum atomic E-state index is 12.2. The van der Waals surface area contributed by atoms with Gasteiger partial charge in [0.05, 0.1) is 13.0 Å². The Balaban J connectivity index is 1.68. The van der Waals surface area contributed by atoms with Gasteiger partial charge in [0.15, 0.2) is 11.9 Å². The van der Waals surface area contributed by atoms with Gasteiger partial charge in [0.1, 0.15) is 6.04 Å². The van der Waals surface area contributed by atoms with Crippen LogP contribution in [0, 0.1) is 0 Å². The van der Waals surface area contributed by atoms with E-state index in [0.717, 1.165) is 4.90 Å². The predicted octanol–water partition coefficient (Wildman–Crippen LogP) is -0.601. The van der Waals surface area contributed by atoms with E-state index >= 15 is 0 Å². The Kier molecular flexibility index (Phi) is 5.29. The Hall–Kier alpha value is -4.16. The second kappa shape index (κ2) is 7.84. The normalized spacial score (nSPS) is 16.9. The molecule has 0 spiro atoms. The molecule has 13 nitrogen and oxygen atoms in total. The van der Waals surface area contributed by atoms with Crippen LogP contribution in [-0.2, 0) is 19.1 Å². The average molecular weight is 406 g/mol. The monoisotopic (exact) mass is 406 g/mol. The molecule has 1 fully saturated rings. The number of carboxylic acid groups (broad SMARTS) is 2. The SMILES string of the molecule is O=C(O)C[C@@H](NC(=O)C1CN(c2ccc(-c3noc(=O)[nH]3)cc2)C(=O)O1)C(=O)O. The number of H-pyrrole nitrogens is 1. The summed E-state index contributed by atoms with van der Waals surface area (Å²) in [6.45, 7) is -0.204. The Morgan fingerprint density at radius 1 is 1.24 bits per heavy atom. The summed E-state index contributed by atoms with van der Waals surface area (Å²) < 4.78 is 9.36. The number of nitrogens with one attached hydrogen (secondary N) is 2. The minimum atomic E-state index is -1.66. The minimum Gasteiger partial charge on any atom is -0.481 e. The van der Waals surface area contributed by atoms with Crippen LogP contribution in [0.4, 0.5) is 10.5 Å². The topological polar surface area (TPSA) is 192 Å². The second-order valence-corrected chi connectivity index (χ2v) is 5.97. The summed E-state index contributed by atoms with van der Waals surface area (Å²) in [6, 6.07) is 4.49. The molecule has 152 valence electrons. The molecule has 0 aliphatic carbocycles. The van der Waals surface area contributed by atoms with Crippen molar-refractivity contribution in [1.82, 2.24) is 15.5 Å². The molecule has 2 amide bonds. The summed E-state index contributed by atoms with van der Waals surface area (Å²) in [5.74, 6) is -4.38. The Morgan fingerprint density at radius 3 is 2.48 bits per heavy atom. The van der Waals surface area contributed by atoms with E-state index < -0.39 is 48.3 Å². The molecule has 13 heteroatoms. The van der Waals surface area contributed by atoms with Crippen molar-refractivity contribution in [2.24, 2.45) is 0 Å². The fourth-order valence-electron chi connectivity index (χ4n) is 2.60. The lowest BCUT2D eigenvalue weighted by atomic mass is 10.1. The van der Waals surface area contributed by atoms with E-state index in [1.807, 2.05) is 5.32 Å². The third-order valence-electron chi connectivity index (χ3n) is 3.99. The summed E-state index contributed by atoms with van der Waals surface area (Å²) in [7, 11) is 0. The number of nitrogens with zero attached hydrogens (tertiary/aromatic N) is 2. The predicted molar refractivity (Wildman–Crippen MR) is 92.0 cm³/mol. The number of carbonyl (C=O) groups excluding carboxylic acids is 2. The Bertz CT molecular complexity index is 1010. The van der Waals surface area contributed by atoms with E-state index in [1.165, 1.54) is 12.1 Å². The number of amides is 2. The van der Waals surface area contributed by atoms with Crippen LogP contribution in [0.2, 0.25) is 0 Å². The van der Waals surface area contributed by atoms with Crippen molar-refractivity contribution in [3.8, 4) is 11.4 Å². The van der Waals surface area contributed by atoms with Crippen molar-refractivity contribution in [3.63, 3.8) is 0 Å². The van der Waals surface area contributed by atoms with Gasteiger partial charge < -0.3 is 20.3 Å². The molecule has 2 aromatic rings. The van der Waals surface area contributed by atoms with Crippen LogP contribution in [-0.4, -0.2) is 63.0 Å². The van der Waals surface area contributed by atoms with Crippen LogP contribution in [0.3, 0.4) is 0 Å². The number of aliphatic carboxylic acids is 2. The number of aromatic amines is 1. The second-order valence-electron chi connectivity index (χ2n) is 5.97. The Labute approximate surface area is 160 Å². The third kappa shape index (κ3) is 4.40.